The fourth-order valence-corrected chi connectivity index (χ4v) is 3.17. The van der Waals surface area contributed by atoms with E-state index in [-0.39, 0.29) is 23.9 Å². The number of rotatable bonds is 5. The summed E-state index contributed by atoms with van der Waals surface area (Å²) < 4.78 is 3.58. The summed E-state index contributed by atoms with van der Waals surface area (Å²) in [5.41, 5.74) is 0. The molecule has 1 fully saturated rings. The quantitative estimate of drug-likeness (QED) is 0.836. The van der Waals surface area contributed by atoms with Crippen LogP contribution in [0.3, 0.4) is 0 Å². The summed E-state index contributed by atoms with van der Waals surface area (Å²) in [6.45, 7) is 5.65. The Morgan fingerprint density at radius 2 is 2.23 bits per heavy atom. The number of amides is 1. The van der Waals surface area contributed by atoms with Crippen LogP contribution in [0.15, 0.2) is 31.1 Å². The Hall–Kier alpha value is -2.18. The minimum atomic E-state index is -0.291. The van der Waals surface area contributed by atoms with Gasteiger partial charge in [-0.1, -0.05) is 13.8 Å². The van der Waals surface area contributed by atoms with E-state index >= 15 is 0 Å². The van der Waals surface area contributed by atoms with Gasteiger partial charge in [0.25, 0.3) is 0 Å². The lowest BCUT2D eigenvalue weighted by Crippen LogP contribution is -2.44. The number of hydrogen-bond acceptors (Lipinski definition) is 4. The minimum Gasteiger partial charge on any atom is -0.336 e. The Labute approximate surface area is 129 Å². The summed E-state index contributed by atoms with van der Waals surface area (Å²) >= 11 is 0. The zero-order valence-electron chi connectivity index (χ0n) is 13.0. The first-order valence-corrected chi connectivity index (χ1v) is 7.79. The molecule has 1 amide bonds. The van der Waals surface area contributed by atoms with E-state index in [4.69, 9.17) is 0 Å². The third kappa shape index (κ3) is 2.88. The van der Waals surface area contributed by atoms with Crippen LogP contribution >= 0.6 is 0 Å². The summed E-state index contributed by atoms with van der Waals surface area (Å²) in [6.07, 6.45) is 8.88. The number of hydrogen-bond donors (Lipinski definition) is 0. The number of likely N-dealkylation sites (tertiary alicyclic amines) is 1. The molecule has 2 aromatic rings. The first-order valence-electron chi connectivity index (χ1n) is 7.79. The van der Waals surface area contributed by atoms with Crippen molar-refractivity contribution >= 4 is 5.91 Å². The van der Waals surface area contributed by atoms with Gasteiger partial charge in [0, 0.05) is 18.9 Å². The molecule has 7 nitrogen and oxygen atoms in total. The van der Waals surface area contributed by atoms with Crippen LogP contribution in [-0.4, -0.2) is 47.9 Å². The summed E-state index contributed by atoms with van der Waals surface area (Å²) in [7, 11) is 0. The van der Waals surface area contributed by atoms with E-state index in [2.05, 4.69) is 15.2 Å². The van der Waals surface area contributed by atoms with Crippen LogP contribution < -0.4 is 0 Å². The molecular weight excluding hydrogens is 280 g/mol. The molecule has 0 N–H and O–H groups in total. The molecule has 2 unspecified atom stereocenters. The van der Waals surface area contributed by atoms with E-state index in [9.17, 15) is 4.79 Å². The van der Waals surface area contributed by atoms with Crippen molar-refractivity contribution in [2.24, 2.45) is 5.92 Å². The predicted octanol–water partition coefficient (Wildman–Crippen LogP) is 1.36. The summed E-state index contributed by atoms with van der Waals surface area (Å²) in [5, 5.41) is 8.43. The highest BCUT2D eigenvalue weighted by Crippen LogP contribution is 2.26. The predicted molar refractivity (Wildman–Crippen MR) is 80.9 cm³/mol. The van der Waals surface area contributed by atoms with Gasteiger partial charge in [0.15, 0.2) is 0 Å². The van der Waals surface area contributed by atoms with Gasteiger partial charge in [-0.2, -0.15) is 10.2 Å². The average molecular weight is 302 g/mol. The lowest BCUT2D eigenvalue weighted by Gasteiger charge is -2.30. The van der Waals surface area contributed by atoms with Crippen molar-refractivity contribution in [1.29, 1.82) is 0 Å². The van der Waals surface area contributed by atoms with Crippen LogP contribution in [0, 0.1) is 5.92 Å². The SMILES string of the molecule is CC(C)C(C(=O)N1CCCC1Cn1cccn1)n1cncn1. The third-order valence-electron chi connectivity index (χ3n) is 4.22. The van der Waals surface area contributed by atoms with Gasteiger partial charge in [-0.05, 0) is 24.8 Å². The highest BCUT2D eigenvalue weighted by Gasteiger charge is 2.35. The normalized spacial score (nSPS) is 19.8. The van der Waals surface area contributed by atoms with E-state index in [0.717, 1.165) is 25.9 Å². The maximum absolute atomic E-state index is 13.0. The van der Waals surface area contributed by atoms with E-state index in [1.54, 1.807) is 17.2 Å². The van der Waals surface area contributed by atoms with Crippen molar-refractivity contribution in [1.82, 2.24) is 29.4 Å². The van der Waals surface area contributed by atoms with Crippen molar-refractivity contribution in [3.63, 3.8) is 0 Å². The van der Waals surface area contributed by atoms with Gasteiger partial charge in [-0.15, -0.1) is 0 Å². The third-order valence-corrected chi connectivity index (χ3v) is 4.22. The van der Waals surface area contributed by atoms with Crippen LogP contribution in [-0.2, 0) is 11.3 Å². The molecule has 0 saturated carbocycles. The van der Waals surface area contributed by atoms with Gasteiger partial charge in [-0.3, -0.25) is 9.48 Å². The molecule has 2 atom stereocenters. The lowest BCUT2D eigenvalue weighted by atomic mass is 10.0. The second-order valence-electron chi connectivity index (χ2n) is 6.12. The molecule has 7 heteroatoms. The molecule has 1 aliphatic rings. The molecule has 0 spiro atoms. The Kier molecular flexibility index (Phi) is 4.22. The Bertz CT molecular complexity index is 592. The monoisotopic (exact) mass is 302 g/mol. The van der Waals surface area contributed by atoms with Crippen molar-refractivity contribution in [3.8, 4) is 0 Å². The summed E-state index contributed by atoms with van der Waals surface area (Å²) in [4.78, 5) is 19.0. The lowest BCUT2D eigenvalue weighted by molar-refractivity contribution is -0.137. The molecular formula is C15H22N6O. The number of aromatic nitrogens is 5. The number of nitrogens with zero attached hydrogens (tertiary/aromatic N) is 6. The maximum atomic E-state index is 13.0. The molecule has 0 aliphatic carbocycles. The molecule has 1 aliphatic heterocycles. The van der Waals surface area contributed by atoms with Crippen molar-refractivity contribution in [2.45, 2.75) is 45.3 Å². The van der Waals surface area contributed by atoms with Gasteiger partial charge < -0.3 is 4.90 Å². The van der Waals surface area contributed by atoms with Crippen LogP contribution in [0.25, 0.3) is 0 Å². The zero-order valence-corrected chi connectivity index (χ0v) is 13.0. The first kappa shape index (κ1) is 14.7. The smallest absolute Gasteiger partial charge is 0.248 e. The van der Waals surface area contributed by atoms with Crippen LogP contribution in [0.1, 0.15) is 32.7 Å². The Morgan fingerprint density at radius 1 is 1.36 bits per heavy atom. The Balaban J connectivity index is 1.77. The maximum Gasteiger partial charge on any atom is 0.248 e. The van der Waals surface area contributed by atoms with Crippen LogP contribution in [0.2, 0.25) is 0 Å². The van der Waals surface area contributed by atoms with E-state index < -0.39 is 0 Å². The summed E-state index contributed by atoms with van der Waals surface area (Å²) in [6, 6.07) is 1.82. The molecule has 3 rings (SSSR count). The van der Waals surface area contributed by atoms with Gasteiger partial charge in [0.05, 0.1) is 12.6 Å². The van der Waals surface area contributed by atoms with Crippen molar-refractivity contribution < 1.29 is 4.79 Å². The van der Waals surface area contributed by atoms with Gasteiger partial charge in [-0.25, -0.2) is 9.67 Å². The fourth-order valence-electron chi connectivity index (χ4n) is 3.17. The standard InChI is InChI=1S/C15H22N6O/c1-12(2)14(21-11-16-10-18-21)15(22)20-8-3-5-13(20)9-19-7-4-6-17-19/h4,6-7,10-14H,3,5,8-9H2,1-2H3. The minimum absolute atomic E-state index is 0.134. The molecule has 2 aromatic heterocycles. The van der Waals surface area contributed by atoms with Crippen LogP contribution in [0.4, 0.5) is 0 Å². The molecule has 0 bridgehead atoms. The van der Waals surface area contributed by atoms with Crippen molar-refractivity contribution in [2.75, 3.05) is 6.54 Å². The Morgan fingerprint density at radius 3 is 2.86 bits per heavy atom. The van der Waals surface area contributed by atoms with Gasteiger partial charge >= 0.3 is 0 Å². The highest BCUT2D eigenvalue weighted by molar-refractivity contribution is 5.81. The average Bonchev–Trinajstić information content (AvgIpc) is 3.19. The van der Waals surface area contributed by atoms with E-state index in [1.165, 1.54) is 6.33 Å². The molecule has 3 heterocycles. The second kappa shape index (κ2) is 6.29. The van der Waals surface area contributed by atoms with Gasteiger partial charge in [0.2, 0.25) is 5.91 Å². The summed E-state index contributed by atoms with van der Waals surface area (Å²) in [5.74, 6) is 0.301. The van der Waals surface area contributed by atoms with E-state index in [0.29, 0.717) is 0 Å². The van der Waals surface area contributed by atoms with E-state index in [1.807, 2.05) is 35.7 Å². The second-order valence-corrected chi connectivity index (χ2v) is 6.12. The molecule has 22 heavy (non-hydrogen) atoms. The molecule has 0 radical (unpaired) electrons. The molecule has 0 aromatic carbocycles. The topological polar surface area (TPSA) is 68.8 Å². The number of carbonyl (C=O) groups is 1. The fraction of sp³-hybridized carbons (Fsp3) is 0.600. The number of carbonyl (C=O) groups excluding carboxylic acids is 1. The van der Waals surface area contributed by atoms with Gasteiger partial charge in [0.1, 0.15) is 18.7 Å². The highest BCUT2D eigenvalue weighted by atomic mass is 16.2. The van der Waals surface area contributed by atoms with Crippen molar-refractivity contribution in [3.05, 3.63) is 31.1 Å². The largest absolute Gasteiger partial charge is 0.336 e. The molecule has 1 saturated heterocycles. The molecule has 118 valence electrons. The van der Waals surface area contributed by atoms with Crippen LogP contribution in [0.5, 0.6) is 0 Å². The first-order chi connectivity index (χ1) is 10.7. The zero-order chi connectivity index (χ0) is 15.5.